The van der Waals surface area contributed by atoms with E-state index in [1.807, 2.05) is 6.07 Å². The van der Waals surface area contributed by atoms with Gasteiger partial charge < -0.3 is 14.8 Å². The molecule has 94 valence electrons. The first-order valence-corrected chi connectivity index (χ1v) is 6.20. The molecule has 0 unspecified atom stereocenters. The van der Waals surface area contributed by atoms with Crippen LogP contribution < -0.4 is 14.8 Å². The fraction of sp³-hybridized carbons (Fsp3) is 0.571. The molecule has 1 fully saturated rings. The summed E-state index contributed by atoms with van der Waals surface area (Å²) in [6.45, 7) is 4.33. The quantitative estimate of drug-likeness (QED) is 0.873. The fourth-order valence-corrected chi connectivity index (χ4v) is 2.67. The van der Waals surface area contributed by atoms with E-state index >= 15 is 0 Å². The first kappa shape index (κ1) is 12.2. The largest absolute Gasteiger partial charge is 0.493 e. The van der Waals surface area contributed by atoms with Gasteiger partial charge in [0.2, 0.25) is 0 Å². The maximum absolute atomic E-state index is 5.56. The summed E-state index contributed by atoms with van der Waals surface area (Å²) in [5.41, 5.74) is 2.63. The summed E-state index contributed by atoms with van der Waals surface area (Å²) < 4.78 is 10.9. The van der Waals surface area contributed by atoms with Crippen molar-refractivity contribution in [2.75, 3.05) is 27.3 Å². The average molecular weight is 235 g/mol. The number of hydrogen-bond donors (Lipinski definition) is 1. The number of rotatable bonds is 3. The maximum atomic E-state index is 5.56. The smallest absolute Gasteiger partial charge is 0.164 e. The van der Waals surface area contributed by atoms with Crippen LogP contribution in [-0.2, 0) is 0 Å². The summed E-state index contributed by atoms with van der Waals surface area (Å²) in [5.74, 6) is 2.34. The molecule has 0 spiro atoms. The molecular weight excluding hydrogens is 214 g/mol. The Labute approximate surface area is 103 Å². The van der Waals surface area contributed by atoms with Crippen LogP contribution >= 0.6 is 0 Å². The van der Waals surface area contributed by atoms with Gasteiger partial charge in [-0.15, -0.1) is 0 Å². The summed E-state index contributed by atoms with van der Waals surface area (Å²) >= 11 is 0. The van der Waals surface area contributed by atoms with E-state index in [1.165, 1.54) is 24.0 Å². The standard InChI is InChI=1S/C14H21NO2/c1-10-4-5-12(16-2)14(17-3)13(10)11-6-8-15-9-7-11/h4-5,11,15H,6-9H2,1-3H3. The SMILES string of the molecule is COc1ccc(C)c(C2CCNCC2)c1OC. The molecule has 0 bridgehead atoms. The zero-order valence-electron chi connectivity index (χ0n) is 10.9. The Balaban J connectivity index is 2.41. The monoisotopic (exact) mass is 235 g/mol. The van der Waals surface area contributed by atoms with Gasteiger partial charge in [0.15, 0.2) is 11.5 Å². The summed E-state index contributed by atoms with van der Waals surface area (Å²) in [6.07, 6.45) is 2.34. The van der Waals surface area contributed by atoms with Gasteiger partial charge in [-0.25, -0.2) is 0 Å². The molecule has 1 heterocycles. The third-order valence-corrected chi connectivity index (χ3v) is 3.55. The predicted molar refractivity (Wildman–Crippen MR) is 69.1 cm³/mol. The first-order valence-electron chi connectivity index (χ1n) is 6.20. The molecule has 0 atom stereocenters. The minimum Gasteiger partial charge on any atom is -0.493 e. The Morgan fingerprint density at radius 3 is 2.41 bits per heavy atom. The Morgan fingerprint density at radius 1 is 1.12 bits per heavy atom. The van der Waals surface area contributed by atoms with Crippen molar-refractivity contribution in [2.24, 2.45) is 0 Å². The highest BCUT2D eigenvalue weighted by Gasteiger charge is 2.23. The zero-order valence-corrected chi connectivity index (χ0v) is 10.9. The second kappa shape index (κ2) is 5.41. The van der Waals surface area contributed by atoms with E-state index in [0.29, 0.717) is 5.92 Å². The lowest BCUT2D eigenvalue weighted by Crippen LogP contribution is -2.27. The summed E-state index contributed by atoms with van der Waals surface area (Å²) in [6, 6.07) is 4.11. The van der Waals surface area contributed by atoms with Crippen LogP contribution in [0.1, 0.15) is 29.9 Å². The van der Waals surface area contributed by atoms with Gasteiger partial charge >= 0.3 is 0 Å². The molecule has 0 radical (unpaired) electrons. The van der Waals surface area contributed by atoms with Crippen molar-refractivity contribution in [3.05, 3.63) is 23.3 Å². The summed E-state index contributed by atoms with van der Waals surface area (Å²) in [4.78, 5) is 0. The highest BCUT2D eigenvalue weighted by molar-refractivity contribution is 5.52. The molecule has 1 aromatic carbocycles. The van der Waals surface area contributed by atoms with E-state index in [9.17, 15) is 0 Å². The van der Waals surface area contributed by atoms with Crippen molar-refractivity contribution in [3.8, 4) is 11.5 Å². The van der Waals surface area contributed by atoms with E-state index in [0.717, 1.165) is 24.6 Å². The van der Waals surface area contributed by atoms with Crippen molar-refractivity contribution in [3.63, 3.8) is 0 Å². The van der Waals surface area contributed by atoms with Gasteiger partial charge in [0.1, 0.15) is 0 Å². The van der Waals surface area contributed by atoms with Crippen LogP contribution in [-0.4, -0.2) is 27.3 Å². The third kappa shape index (κ3) is 2.39. The highest BCUT2D eigenvalue weighted by atomic mass is 16.5. The number of aryl methyl sites for hydroxylation is 1. The molecule has 1 saturated heterocycles. The van der Waals surface area contributed by atoms with Gasteiger partial charge in [0.25, 0.3) is 0 Å². The van der Waals surface area contributed by atoms with E-state index in [4.69, 9.17) is 9.47 Å². The van der Waals surface area contributed by atoms with Gasteiger partial charge in [0, 0.05) is 5.56 Å². The van der Waals surface area contributed by atoms with Gasteiger partial charge in [-0.1, -0.05) is 6.07 Å². The van der Waals surface area contributed by atoms with E-state index < -0.39 is 0 Å². The van der Waals surface area contributed by atoms with E-state index in [-0.39, 0.29) is 0 Å². The van der Waals surface area contributed by atoms with Crippen LogP contribution in [0.2, 0.25) is 0 Å². The van der Waals surface area contributed by atoms with Crippen molar-refractivity contribution in [2.45, 2.75) is 25.7 Å². The molecule has 0 aliphatic carbocycles. The molecular formula is C14H21NO2. The molecule has 1 aromatic rings. The van der Waals surface area contributed by atoms with Crippen LogP contribution in [0.5, 0.6) is 11.5 Å². The fourth-order valence-electron chi connectivity index (χ4n) is 2.67. The highest BCUT2D eigenvalue weighted by Crippen LogP contribution is 2.40. The number of benzene rings is 1. The maximum Gasteiger partial charge on any atom is 0.164 e. The lowest BCUT2D eigenvalue weighted by Gasteiger charge is -2.26. The Bertz CT molecular complexity index is 384. The topological polar surface area (TPSA) is 30.5 Å². The first-order chi connectivity index (χ1) is 8.27. The van der Waals surface area contributed by atoms with Crippen molar-refractivity contribution < 1.29 is 9.47 Å². The van der Waals surface area contributed by atoms with Gasteiger partial charge in [-0.2, -0.15) is 0 Å². The summed E-state index contributed by atoms with van der Waals surface area (Å²) in [5, 5.41) is 3.40. The van der Waals surface area contributed by atoms with Gasteiger partial charge in [-0.3, -0.25) is 0 Å². The second-order valence-electron chi connectivity index (χ2n) is 4.56. The molecule has 3 nitrogen and oxygen atoms in total. The number of ether oxygens (including phenoxy) is 2. The van der Waals surface area contributed by atoms with Crippen LogP contribution in [0.25, 0.3) is 0 Å². The van der Waals surface area contributed by atoms with Crippen LogP contribution in [0.4, 0.5) is 0 Å². The minimum atomic E-state index is 0.585. The normalized spacial score (nSPS) is 16.9. The molecule has 1 N–H and O–H groups in total. The lowest BCUT2D eigenvalue weighted by atomic mass is 9.86. The second-order valence-corrected chi connectivity index (χ2v) is 4.56. The predicted octanol–water partition coefficient (Wildman–Crippen LogP) is 2.48. The zero-order chi connectivity index (χ0) is 12.3. The molecule has 0 saturated carbocycles. The van der Waals surface area contributed by atoms with Crippen LogP contribution in [0.15, 0.2) is 12.1 Å². The van der Waals surface area contributed by atoms with Crippen LogP contribution in [0.3, 0.4) is 0 Å². The third-order valence-electron chi connectivity index (χ3n) is 3.55. The van der Waals surface area contributed by atoms with Crippen molar-refractivity contribution in [1.29, 1.82) is 0 Å². The molecule has 1 aliphatic rings. The van der Waals surface area contributed by atoms with E-state index in [1.54, 1.807) is 14.2 Å². The Hall–Kier alpha value is -1.22. The van der Waals surface area contributed by atoms with Crippen molar-refractivity contribution in [1.82, 2.24) is 5.32 Å². The lowest BCUT2D eigenvalue weighted by molar-refractivity contribution is 0.343. The molecule has 2 rings (SSSR count). The average Bonchev–Trinajstić information content (AvgIpc) is 2.39. The minimum absolute atomic E-state index is 0.585. The molecule has 17 heavy (non-hydrogen) atoms. The molecule has 3 heteroatoms. The molecule has 0 aromatic heterocycles. The summed E-state index contributed by atoms with van der Waals surface area (Å²) in [7, 11) is 3.42. The number of piperidine rings is 1. The Kier molecular flexibility index (Phi) is 3.89. The van der Waals surface area contributed by atoms with Crippen molar-refractivity contribution >= 4 is 0 Å². The van der Waals surface area contributed by atoms with Crippen LogP contribution in [0, 0.1) is 6.92 Å². The Morgan fingerprint density at radius 2 is 1.82 bits per heavy atom. The van der Waals surface area contributed by atoms with E-state index in [2.05, 4.69) is 18.3 Å². The number of methoxy groups -OCH3 is 2. The molecule has 1 aliphatic heterocycles. The van der Waals surface area contributed by atoms with Gasteiger partial charge in [-0.05, 0) is 50.4 Å². The number of nitrogens with one attached hydrogen (secondary N) is 1. The van der Waals surface area contributed by atoms with Gasteiger partial charge in [0.05, 0.1) is 14.2 Å². The number of hydrogen-bond acceptors (Lipinski definition) is 3. The molecule has 0 amide bonds.